The summed E-state index contributed by atoms with van der Waals surface area (Å²) in [4.78, 5) is 19.9. The van der Waals surface area contributed by atoms with Crippen LogP contribution >= 0.6 is 11.8 Å². The normalized spacial score (nSPS) is 19.9. The van der Waals surface area contributed by atoms with Gasteiger partial charge in [0, 0.05) is 35.6 Å². The van der Waals surface area contributed by atoms with E-state index < -0.39 is 6.10 Å². The smallest absolute Gasteiger partial charge is 0.237 e. The number of amides is 1. The van der Waals surface area contributed by atoms with Gasteiger partial charge < -0.3 is 25.4 Å². The molecule has 2 aliphatic rings. The van der Waals surface area contributed by atoms with E-state index in [1.165, 1.54) is 5.56 Å². The minimum atomic E-state index is -0.580. The van der Waals surface area contributed by atoms with Crippen molar-refractivity contribution in [1.29, 1.82) is 0 Å². The number of fused-ring (bicyclic) bond motifs is 2. The number of aliphatic hydroxyl groups is 1. The average Bonchev–Trinajstić information content (AvgIpc) is 2.88. The molecule has 1 unspecified atom stereocenters. The first-order chi connectivity index (χ1) is 17.0. The van der Waals surface area contributed by atoms with Crippen molar-refractivity contribution in [2.24, 2.45) is 0 Å². The largest absolute Gasteiger partial charge is 0.497 e. The minimum Gasteiger partial charge on any atom is -0.497 e. The Kier molecular flexibility index (Phi) is 7.24. The SMILES string of the molecule is COc1ccc2nccc([C@@H](O)CN3CCC(NCc4ccc5c(c4)NC(=O)C(C)S5)CC3)c2c1. The number of benzene rings is 2. The fraction of sp³-hybridized carbons (Fsp3) is 0.407. The first kappa shape index (κ1) is 24.1. The number of pyridine rings is 1. The Morgan fingerprint density at radius 1 is 1.23 bits per heavy atom. The molecule has 3 heterocycles. The maximum Gasteiger partial charge on any atom is 0.237 e. The molecule has 35 heavy (non-hydrogen) atoms. The Hall–Kier alpha value is -2.65. The van der Waals surface area contributed by atoms with Crippen molar-refractivity contribution in [3.8, 4) is 5.75 Å². The van der Waals surface area contributed by atoms with Crippen molar-refractivity contribution in [2.75, 3.05) is 32.1 Å². The highest BCUT2D eigenvalue weighted by atomic mass is 32.2. The number of aliphatic hydroxyl groups excluding tert-OH is 1. The van der Waals surface area contributed by atoms with Crippen LogP contribution in [-0.2, 0) is 11.3 Å². The topological polar surface area (TPSA) is 86.7 Å². The molecule has 3 aromatic rings. The van der Waals surface area contributed by atoms with E-state index >= 15 is 0 Å². The maximum atomic E-state index is 12.0. The Balaban J connectivity index is 1.13. The molecular weight excluding hydrogens is 460 g/mol. The molecule has 7 nitrogen and oxygen atoms in total. The van der Waals surface area contributed by atoms with Crippen molar-refractivity contribution < 1.29 is 14.6 Å². The van der Waals surface area contributed by atoms with Crippen molar-refractivity contribution in [1.82, 2.24) is 15.2 Å². The van der Waals surface area contributed by atoms with Gasteiger partial charge in [-0.25, -0.2) is 0 Å². The van der Waals surface area contributed by atoms with Gasteiger partial charge >= 0.3 is 0 Å². The summed E-state index contributed by atoms with van der Waals surface area (Å²) >= 11 is 1.61. The van der Waals surface area contributed by atoms with E-state index in [1.807, 2.05) is 31.2 Å². The van der Waals surface area contributed by atoms with Crippen LogP contribution in [0.15, 0.2) is 53.6 Å². The molecule has 2 aromatic carbocycles. The second kappa shape index (κ2) is 10.5. The van der Waals surface area contributed by atoms with E-state index in [1.54, 1.807) is 25.1 Å². The second-order valence-corrected chi connectivity index (χ2v) is 10.7. The molecule has 8 heteroatoms. The molecule has 1 amide bonds. The molecular formula is C27H32N4O3S. The summed E-state index contributed by atoms with van der Waals surface area (Å²) in [5.74, 6) is 0.835. The van der Waals surface area contributed by atoms with Crippen LogP contribution in [0.4, 0.5) is 5.69 Å². The zero-order valence-corrected chi connectivity index (χ0v) is 21.0. The van der Waals surface area contributed by atoms with Crippen LogP contribution in [-0.4, -0.2) is 58.9 Å². The van der Waals surface area contributed by atoms with Crippen LogP contribution < -0.4 is 15.4 Å². The van der Waals surface area contributed by atoms with Gasteiger partial charge in [-0.1, -0.05) is 6.07 Å². The highest BCUT2D eigenvalue weighted by Crippen LogP contribution is 2.36. The lowest BCUT2D eigenvalue weighted by atomic mass is 10.0. The monoisotopic (exact) mass is 492 g/mol. The number of nitrogens with zero attached hydrogens (tertiary/aromatic N) is 2. The number of rotatable bonds is 7. The number of ether oxygens (including phenoxy) is 1. The van der Waals surface area contributed by atoms with E-state index in [9.17, 15) is 9.90 Å². The van der Waals surface area contributed by atoms with Crippen molar-refractivity contribution >= 4 is 34.3 Å². The van der Waals surface area contributed by atoms with Gasteiger partial charge in [-0.3, -0.25) is 9.78 Å². The molecule has 1 fully saturated rings. The van der Waals surface area contributed by atoms with E-state index in [4.69, 9.17) is 4.74 Å². The number of β-amino-alcohol motifs (C(OH)–C–C–N with tert-alkyl or cyclic N) is 1. The highest BCUT2D eigenvalue weighted by molar-refractivity contribution is 8.00. The number of piperidine rings is 1. The number of anilines is 1. The van der Waals surface area contributed by atoms with Crippen molar-refractivity contribution in [2.45, 2.75) is 48.6 Å². The summed E-state index contributed by atoms with van der Waals surface area (Å²) in [6.07, 6.45) is 3.25. The van der Waals surface area contributed by atoms with E-state index in [2.05, 4.69) is 38.7 Å². The summed E-state index contributed by atoms with van der Waals surface area (Å²) in [5.41, 5.74) is 3.85. The van der Waals surface area contributed by atoms with E-state index in [0.717, 1.165) is 65.3 Å². The van der Waals surface area contributed by atoms with Crippen molar-refractivity contribution in [3.05, 3.63) is 59.8 Å². The molecule has 2 aliphatic heterocycles. The van der Waals surface area contributed by atoms with E-state index in [0.29, 0.717) is 12.6 Å². The Morgan fingerprint density at radius 2 is 2.06 bits per heavy atom. The van der Waals surface area contributed by atoms with Gasteiger partial charge in [0.2, 0.25) is 5.91 Å². The van der Waals surface area contributed by atoms with Gasteiger partial charge in [0.25, 0.3) is 0 Å². The predicted octanol–water partition coefficient (Wildman–Crippen LogP) is 3.96. The Morgan fingerprint density at radius 3 is 2.86 bits per heavy atom. The summed E-state index contributed by atoms with van der Waals surface area (Å²) in [7, 11) is 1.65. The summed E-state index contributed by atoms with van der Waals surface area (Å²) in [5, 5.41) is 18.6. The average molecular weight is 493 g/mol. The van der Waals surface area contributed by atoms with Gasteiger partial charge in [0.1, 0.15) is 5.75 Å². The molecule has 5 rings (SSSR count). The van der Waals surface area contributed by atoms with Gasteiger partial charge in [0.05, 0.1) is 29.7 Å². The maximum absolute atomic E-state index is 12.0. The number of thioether (sulfide) groups is 1. The fourth-order valence-corrected chi connectivity index (χ4v) is 5.79. The summed E-state index contributed by atoms with van der Waals surface area (Å²) < 4.78 is 5.36. The van der Waals surface area contributed by atoms with Gasteiger partial charge in [-0.15, -0.1) is 11.8 Å². The van der Waals surface area contributed by atoms with Gasteiger partial charge in [-0.05, 0) is 80.4 Å². The third-order valence-corrected chi connectivity index (χ3v) is 8.11. The number of carbonyl (C=O) groups excluding carboxylic acids is 1. The van der Waals surface area contributed by atoms with Gasteiger partial charge in [-0.2, -0.15) is 0 Å². The number of hydrogen-bond acceptors (Lipinski definition) is 7. The van der Waals surface area contributed by atoms with Crippen LogP contribution in [0, 0.1) is 0 Å². The lowest BCUT2D eigenvalue weighted by molar-refractivity contribution is -0.115. The number of nitrogens with one attached hydrogen (secondary N) is 2. The Labute approximate surface area is 210 Å². The second-order valence-electron chi connectivity index (χ2n) is 9.33. The first-order valence-corrected chi connectivity index (χ1v) is 13.0. The number of methoxy groups -OCH3 is 1. The predicted molar refractivity (Wildman–Crippen MR) is 140 cm³/mol. The van der Waals surface area contributed by atoms with Crippen LogP contribution in [0.3, 0.4) is 0 Å². The van der Waals surface area contributed by atoms with E-state index in [-0.39, 0.29) is 11.2 Å². The first-order valence-electron chi connectivity index (χ1n) is 12.2. The lowest BCUT2D eigenvalue weighted by Gasteiger charge is -2.34. The third-order valence-electron chi connectivity index (χ3n) is 6.93. The molecule has 0 aliphatic carbocycles. The molecule has 0 radical (unpaired) electrons. The Bertz CT molecular complexity index is 1210. The zero-order valence-electron chi connectivity index (χ0n) is 20.2. The minimum absolute atomic E-state index is 0.0460. The molecule has 0 spiro atoms. The number of carbonyl (C=O) groups is 1. The highest BCUT2D eigenvalue weighted by Gasteiger charge is 2.24. The standard InChI is InChI=1S/C27H32N4O3S/c1-17-27(33)30-24-13-18(3-6-26(24)35-17)15-29-19-8-11-31(12-9-19)16-25(32)21-7-10-28-23-5-4-20(34-2)14-22(21)23/h3-7,10,13-14,17,19,25,29,32H,8-9,11-12,15-16H2,1-2H3,(H,30,33)/t17?,25-/m0/s1. The molecule has 1 aromatic heterocycles. The molecule has 184 valence electrons. The fourth-order valence-electron chi connectivity index (χ4n) is 4.85. The van der Waals surface area contributed by atoms with Crippen LogP contribution in [0.1, 0.15) is 37.0 Å². The van der Waals surface area contributed by atoms with Crippen molar-refractivity contribution in [3.63, 3.8) is 0 Å². The molecule has 0 saturated carbocycles. The molecule has 2 atom stereocenters. The summed E-state index contributed by atoms with van der Waals surface area (Å²) in [6, 6.07) is 14.4. The molecule has 3 N–H and O–H groups in total. The quantitative estimate of drug-likeness (QED) is 0.460. The molecule has 1 saturated heterocycles. The number of hydrogen-bond donors (Lipinski definition) is 3. The van der Waals surface area contributed by atoms with Crippen LogP contribution in [0.25, 0.3) is 10.9 Å². The lowest BCUT2D eigenvalue weighted by Crippen LogP contribution is -2.43. The third kappa shape index (κ3) is 5.46. The number of likely N-dealkylation sites (tertiary alicyclic amines) is 1. The number of aromatic nitrogens is 1. The summed E-state index contributed by atoms with van der Waals surface area (Å²) in [6.45, 7) is 5.19. The molecule has 0 bridgehead atoms. The van der Waals surface area contributed by atoms with Crippen LogP contribution in [0.2, 0.25) is 0 Å². The van der Waals surface area contributed by atoms with Gasteiger partial charge in [0.15, 0.2) is 0 Å². The van der Waals surface area contributed by atoms with Crippen LogP contribution in [0.5, 0.6) is 5.75 Å². The zero-order chi connectivity index (χ0) is 24.4.